The number of hydrogen-bond donors (Lipinski definition) is 1. The molecule has 1 N–H and O–H groups in total. The van der Waals surface area contributed by atoms with E-state index in [4.69, 9.17) is 0 Å². The largest absolute Gasteiger partial charge is 0.342 e. The van der Waals surface area contributed by atoms with Crippen LogP contribution in [-0.2, 0) is 0 Å². The Morgan fingerprint density at radius 3 is 3.12 bits per heavy atom. The van der Waals surface area contributed by atoms with E-state index in [1.54, 1.807) is 12.4 Å². The first-order chi connectivity index (χ1) is 8.20. The summed E-state index contributed by atoms with van der Waals surface area (Å²) in [5.74, 6) is 0.770. The van der Waals surface area contributed by atoms with Crippen LogP contribution < -0.4 is 5.32 Å². The first-order valence-electron chi connectivity index (χ1n) is 5.94. The molecule has 3 atom stereocenters. The maximum absolute atomic E-state index is 11.9. The summed E-state index contributed by atoms with van der Waals surface area (Å²) >= 11 is 2.15. The standard InChI is InChI=1S/C11H15IN4O/c12-9-4-13-16(6-9)11(17)14-10-3-8-1-2-15(5-8)7-10/h4,6,8,10H,1-3,5,7H2,(H,14,17)/t8-,10+/m0/s1. The summed E-state index contributed by atoms with van der Waals surface area (Å²) < 4.78 is 2.36. The van der Waals surface area contributed by atoms with Gasteiger partial charge in [0.2, 0.25) is 0 Å². The molecule has 2 saturated heterocycles. The van der Waals surface area contributed by atoms with Crippen LogP contribution in [0.5, 0.6) is 0 Å². The molecular weight excluding hydrogens is 331 g/mol. The number of aromatic nitrogens is 2. The highest BCUT2D eigenvalue weighted by Gasteiger charge is 2.33. The first-order valence-corrected chi connectivity index (χ1v) is 7.02. The van der Waals surface area contributed by atoms with Crippen molar-refractivity contribution in [1.82, 2.24) is 20.0 Å². The molecule has 1 aromatic heterocycles. The lowest BCUT2D eigenvalue weighted by Gasteiger charge is -2.30. The number of piperidine rings is 1. The molecule has 5 nitrogen and oxygen atoms in total. The quantitative estimate of drug-likeness (QED) is 0.776. The van der Waals surface area contributed by atoms with Crippen LogP contribution in [0.1, 0.15) is 12.8 Å². The van der Waals surface area contributed by atoms with Crippen molar-refractivity contribution in [3.05, 3.63) is 16.0 Å². The summed E-state index contributed by atoms with van der Waals surface area (Å²) in [6, 6.07) is 0.172. The Hall–Kier alpha value is -0.630. The number of halogens is 1. The molecule has 3 rings (SSSR count). The van der Waals surface area contributed by atoms with Crippen LogP contribution in [0.4, 0.5) is 4.79 Å². The van der Waals surface area contributed by atoms with Gasteiger partial charge >= 0.3 is 6.03 Å². The average Bonchev–Trinajstić information content (AvgIpc) is 2.85. The molecule has 1 amide bonds. The number of carbonyl (C=O) groups is 1. The summed E-state index contributed by atoms with van der Waals surface area (Å²) in [5.41, 5.74) is 0. The maximum Gasteiger partial charge on any atom is 0.342 e. The minimum absolute atomic E-state index is 0.111. The van der Waals surface area contributed by atoms with Crippen molar-refractivity contribution in [2.75, 3.05) is 19.6 Å². The van der Waals surface area contributed by atoms with E-state index in [1.165, 1.54) is 24.2 Å². The average molecular weight is 346 g/mol. The van der Waals surface area contributed by atoms with Crippen LogP contribution in [-0.4, -0.2) is 46.4 Å². The van der Waals surface area contributed by atoms with Gasteiger partial charge in [-0.25, -0.2) is 4.79 Å². The molecule has 0 spiro atoms. The SMILES string of the molecule is O=C(N[C@@H]1C[C@@H]2CCN(C2)C1)n1cc(I)cn1. The van der Waals surface area contributed by atoms with Crippen molar-refractivity contribution < 1.29 is 4.79 Å². The Morgan fingerprint density at radius 2 is 2.41 bits per heavy atom. The predicted molar refractivity (Wildman–Crippen MR) is 71.8 cm³/mol. The van der Waals surface area contributed by atoms with Crippen LogP contribution in [0, 0.1) is 9.49 Å². The minimum atomic E-state index is -0.111. The Morgan fingerprint density at radius 1 is 1.53 bits per heavy atom. The third-order valence-electron chi connectivity index (χ3n) is 3.55. The van der Waals surface area contributed by atoms with Crippen molar-refractivity contribution in [3.63, 3.8) is 0 Å². The van der Waals surface area contributed by atoms with Crippen molar-refractivity contribution in [2.24, 2.45) is 5.92 Å². The zero-order chi connectivity index (χ0) is 11.8. The van der Waals surface area contributed by atoms with Crippen molar-refractivity contribution in [2.45, 2.75) is 18.9 Å². The molecule has 3 heterocycles. The first kappa shape index (κ1) is 11.5. The fraction of sp³-hybridized carbons (Fsp3) is 0.636. The van der Waals surface area contributed by atoms with Gasteiger partial charge in [-0.3, -0.25) is 0 Å². The summed E-state index contributed by atoms with van der Waals surface area (Å²) in [4.78, 5) is 14.4. The van der Waals surface area contributed by atoms with E-state index in [-0.39, 0.29) is 12.1 Å². The molecule has 2 fully saturated rings. The van der Waals surface area contributed by atoms with E-state index in [0.717, 1.165) is 22.5 Å². The highest BCUT2D eigenvalue weighted by atomic mass is 127. The molecule has 17 heavy (non-hydrogen) atoms. The molecule has 2 aliphatic heterocycles. The van der Waals surface area contributed by atoms with Gasteiger partial charge in [0.15, 0.2) is 0 Å². The molecule has 1 aromatic rings. The van der Waals surface area contributed by atoms with E-state index >= 15 is 0 Å². The summed E-state index contributed by atoms with van der Waals surface area (Å²) in [5, 5.41) is 7.08. The third kappa shape index (κ3) is 2.47. The molecule has 0 aliphatic carbocycles. The molecule has 0 radical (unpaired) electrons. The Kier molecular flexibility index (Phi) is 3.08. The van der Waals surface area contributed by atoms with Crippen molar-refractivity contribution in [3.8, 4) is 0 Å². The normalized spacial score (nSPS) is 31.5. The van der Waals surface area contributed by atoms with Gasteiger partial charge in [-0.2, -0.15) is 9.78 Å². The van der Waals surface area contributed by atoms with Crippen LogP contribution >= 0.6 is 22.6 Å². The van der Waals surface area contributed by atoms with E-state index in [0.29, 0.717) is 0 Å². The molecule has 2 bridgehead atoms. The van der Waals surface area contributed by atoms with E-state index in [2.05, 4.69) is 37.9 Å². The van der Waals surface area contributed by atoms with E-state index in [1.807, 2.05) is 0 Å². The van der Waals surface area contributed by atoms with Crippen LogP contribution in [0.25, 0.3) is 0 Å². The number of nitrogens with one attached hydrogen (secondary N) is 1. The van der Waals surface area contributed by atoms with Crippen molar-refractivity contribution in [1.29, 1.82) is 0 Å². The van der Waals surface area contributed by atoms with Crippen molar-refractivity contribution >= 4 is 28.6 Å². The summed E-state index contributed by atoms with van der Waals surface area (Å²) in [6.45, 7) is 3.39. The zero-order valence-electron chi connectivity index (χ0n) is 9.47. The van der Waals surface area contributed by atoms with E-state index in [9.17, 15) is 4.79 Å². The van der Waals surface area contributed by atoms with Gasteiger partial charge in [0.1, 0.15) is 0 Å². The lowest BCUT2D eigenvalue weighted by Crippen LogP contribution is -2.48. The van der Waals surface area contributed by atoms with Gasteiger partial charge in [0.05, 0.1) is 9.77 Å². The van der Waals surface area contributed by atoms with E-state index < -0.39 is 0 Å². The fourth-order valence-electron chi connectivity index (χ4n) is 2.82. The monoisotopic (exact) mass is 346 g/mol. The maximum atomic E-state index is 11.9. The number of hydrogen-bond acceptors (Lipinski definition) is 3. The second-order valence-electron chi connectivity index (χ2n) is 4.90. The van der Waals surface area contributed by atoms with Gasteiger partial charge in [0.25, 0.3) is 0 Å². The van der Waals surface area contributed by atoms with Gasteiger partial charge in [0, 0.05) is 25.3 Å². The van der Waals surface area contributed by atoms with Crippen LogP contribution in [0.15, 0.2) is 12.4 Å². The minimum Gasteiger partial charge on any atom is -0.332 e. The molecule has 6 heteroatoms. The van der Waals surface area contributed by atoms with Gasteiger partial charge in [-0.15, -0.1) is 0 Å². The summed E-state index contributed by atoms with van der Waals surface area (Å²) in [7, 11) is 0. The van der Waals surface area contributed by atoms with Gasteiger partial charge in [-0.1, -0.05) is 0 Å². The molecule has 0 aromatic carbocycles. The molecule has 0 saturated carbocycles. The van der Waals surface area contributed by atoms with Crippen LogP contribution in [0.2, 0.25) is 0 Å². The number of nitrogens with zero attached hydrogens (tertiary/aromatic N) is 3. The van der Waals surface area contributed by atoms with Gasteiger partial charge < -0.3 is 10.2 Å². The number of carbonyl (C=O) groups excluding carboxylic acids is 1. The zero-order valence-corrected chi connectivity index (χ0v) is 11.6. The highest BCUT2D eigenvalue weighted by molar-refractivity contribution is 14.1. The second-order valence-corrected chi connectivity index (χ2v) is 6.15. The third-order valence-corrected chi connectivity index (χ3v) is 4.11. The summed E-state index contributed by atoms with van der Waals surface area (Å²) in [6.07, 6.45) is 5.83. The predicted octanol–water partition coefficient (Wildman–Crippen LogP) is 1.14. The Bertz CT molecular complexity index is 421. The molecule has 1 unspecified atom stereocenters. The lowest BCUT2D eigenvalue weighted by atomic mass is 9.97. The fourth-order valence-corrected chi connectivity index (χ4v) is 3.21. The second kappa shape index (κ2) is 4.56. The van der Waals surface area contributed by atoms with Gasteiger partial charge in [-0.05, 0) is 47.9 Å². The number of rotatable bonds is 1. The molecule has 2 aliphatic rings. The smallest absolute Gasteiger partial charge is 0.332 e. The highest BCUT2D eigenvalue weighted by Crippen LogP contribution is 2.26. The molecule has 92 valence electrons. The van der Waals surface area contributed by atoms with Crippen LogP contribution in [0.3, 0.4) is 0 Å². The number of amides is 1. The topological polar surface area (TPSA) is 50.2 Å². The number of fused-ring (bicyclic) bond motifs is 2. The molecular formula is C11H15IN4O. The Balaban J connectivity index is 1.62. The lowest BCUT2D eigenvalue weighted by molar-refractivity contribution is 0.204. The Labute approximate surface area is 114 Å².